The minimum atomic E-state index is -3.67. The number of benzene rings is 1. The van der Waals surface area contributed by atoms with Gasteiger partial charge in [0.15, 0.2) is 14.6 Å². The van der Waals surface area contributed by atoms with Crippen LogP contribution in [0.2, 0.25) is 18.1 Å². The van der Waals surface area contributed by atoms with Gasteiger partial charge in [0, 0.05) is 33.2 Å². The van der Waals surface area contributed by atoms with Gasteiger partial charge >= 0.3 is 0 Å². The van der Waals surface area contributed by atoms with Gasteiger partial charge in [-0.05, 0) is 44.1 Å². The quantitative estimate of drug-likeness (QED) is 0.373. The third kappa shape index (κ3) is 7.15. The predicted molar refractivity (Wildman–Crippen MR) is 120 cm³/mol. The molecule has 1 aromatic carbocycles. The molecule has 0 unspecified atom stereocenters. The van der Waals surface area contributed by atoms with Crippen LogP contribution in [0.5, 0.6) is 0 Å². The van der Waals surface area contributed by atoms with Gasteiger partial charge in [-0.15, -0.1) is 0 Å². The molecule has 6 nitrogen and oxygen atoms in total. The van der Waals surface area contributed by atoms with Crippen molar-refractivity contribution in [1.82, 2.24) is 4.31 Å². The monoisotopic (exact) mass is 445 g/mol. The average Bonchev–Trinajstić information content (AvgIpc) is 2.62. The highest BCUT2D eigenvalue weighted by Gasteiger charge is 2.38. The third-order valence-electron chi connectivity index (χ3n) is 5.72. The molecule has 0 saturated carbocycles. The normalized spacial score (nSPS) is 14.6. The van der Waals surface area contributed by atoms with E-state index in [2.05, 4.69) is 33.9 Å². The molecule has 0 fully saturated rings. The first-order valence-corrected chi connectivity index (χ1v) is 14.4. The Hall–Kier alpha value is -0.773. The van der Waals surface area contributed by atoms with Gasteiger partial charge < -0.3 is 13.9 Å². The minimum absolute atomic E-state index is 0.0601. The topological polar surface area (TPSA) is 65.1 Å². The van der Waals surface area contributed by atoms with Crippen LogP contribution < -0.4 is 0 Å². The van der Waals surface area contributed by atoms with Crippen molar-refractivity contribution < 1.29 is 22.3 Å². The first-order valence-electron chi connectivity index (χ1n) is 10.0. The summed E-state index contributed by atoms with van der Waals surface area (Å²) in [6, 6.07) is 6.63. The first-order chi connectivity index (χ1) is 13.3. The van der Waals surface area contributed by atoms with Gasteiger partial charge in [-0.3, -0.25) is 0 Å². The smallest absolute Gasteiger partial charge is 0.243 e. The van der Waals surface area contributed by atoms with Crippen LogP contribution in [-0.2, 0) is 23.9 Å². The molecule has 0 saturated heterocycles. The van der Waals surface area contributed by atoms with Gasteiger partial charge in [0.1, 0.15) is 0 Å². The lowest BCUT2D eigenvalue weighted by molar-refractivity contribution is -0.108. The fraction of sp³-hybridized carbons (Fsp3) is 0.714. The van der Waals surface area contributed by atoms with E-state index in [1.54, 1.807) is 26.4 Å². The van der Waals surface area contributed by atoms with E-state index in [4.69, 9.17) is 13.9 Å². The zero-order valence-corrected chi connectivity index (χ0v) is 21.3. The molecule has 29 heavy (non-hydrogen) atoms. The average molecular weight is 446 g/mol. The fourth-order valence-electron chi connectivity index (χ4n) is 2.62. The SMILES string of the molecule is COC(CCN([C@@H](C)CO[Si](C)(C)C(C)(C)C)S(=O)(=O)c1ccc(C)cc1)OC. The van der Waals surface area contributed by atoms with Crippen molar-refractivity contribution in [3.05, 3.63) is 29.8 Å². The van der Waals surface area contributed by atoms with E-state index in [0.717, 1.165) is 5.56 Å². The van der Waals surface area contributed by atoms with E-state index < -0.39 is 24.6 Å². The summed E-state index contributed by atoms with van der Waals surface area (Å²) in [4.78, 5) is 0.286. The van der Waals surface area contributed by atoms with Gasteiger partial charge in [0.05, 0.1) is 11.5 Å². The summed E-state index contributed by atoms with van der Waals surface area (Å²) in [5.41, 5.74) is 1.02. The van der Waals surface area contributed by atoms with Crippen LogP contribution in [0.25, 0.3) is 0 Å². The first kappa shape index (κ1) is 26.3. The van der Waals surface area contributed by atoms with Gasteiger partial charge in [-0.2, -0.15) is 4.31 Å². The summed E-state index contributed by atoms with van der Waals surface area (Å²) in [5.74, 6) is 0. The molecule has 0 aliphatic heterocycles. The van der Waals surface area contributed by atoms with Crippen LogP contribution in [0, 0.1) is 6.92 Å². The van der Waals surface area contributed by atoms with Crippen LogP contribution in [-0.4, -0.2) is 60.7 Å². The number of nitrogens with zero attached hydrogens (tertiary/aromatic N) is 1. The molecule has 168 valence electrons. The van der Waals surface area contributed by atoms with Gasteiger partial charge in [0.2, 0.25) is 10.0 Å². The van der Waals surface area contributed by atoms with Crippen molar-refractivity contribution in [2.75, 3.05) is 27.4 Å². The zero-order valence-electron chi connectivity index (χ0n) is 19.5. The lowest BCUT2D eigenvalue weighted by atomic mass is 10.2. The Bertz CT molecular complexity index is 724. The lowest BCUT2D eigenvalue weighted by Gasteiger charge is -2.38. The molecule has 0 heterocycles. The summed E-state index contributed by atoms with van der Waals surface area (Å²) in [5, 5.41) is 0.0601. The fourth-order valence-corrected chi connectivity index (χ4v) is 5.34. The standard InChI is InChI=1S/C21H39NO5SSi/c1-17-10-12-19(13-11-17)28(23,24)22(15-14-20(25-6)26-7)18(2)16-27-29(8,9)21(3,4)5/h10-13,18,20H,14-16H2,1-9H3/t18-/m0/s1. The summed E-state index contributed by atoms with van der Waals surface area (Å²) in [7, 11) is -2.56. The maximum Gasteiger partial charge on any atom is 0.243 e. The number of methoxy groups -OCH3 is 2. The molecule has 1 atom stereocenters. The van der Waals surface area contributed by atoms with Crippen molar-refractivity contribution in [2.45, 2.75) is 76.4 Å². The van der Waals surface area contributed by atoms with Gasteiger partial charge in [0.25, 0.3) is 0 Å². The van der Waals surface area contributed by atoms with Crippen LogP contribution in [0.1, 0.15) is 39.7 Å². The summed E-state index contributed by atoms with van der Waals surface area (Å²) in [6.07, 6.45) is -0.0260. The summed E-state index contributed by atoms with van der Waals surface area (Å²) >= 11 is 0. The van der Waals surface area contributed by atoms with Crippen LogP contribution >= 0.6 is 0 Å². The molecule has 0 spiro atoms. The van der Waals surface area contributed by atoms with Crippen LogP contribution in [0.15, 0.2) is 29.2 Å². The van der Waals surface area contributed by atoms with E-state index in [1.807, 2.05) is 26.0 Å². The number of hydrogen-bond acceptors (Lipinski definition) is 5. The number of sulfonamides is 1. The number of hydrogen-bond donors (Lipinski definition) is 0. The van der Waals surface area contributed by atoms with Gasteiger partial charge in [-0.25, -0.2) is 8.42 Å². The second kappa shape index (κ2) is 10.5. The van der Waals surface area contributed by atoms with Crippen LogP contribution in [0.3, 0.4) is 0 Å². The second-order valence-corrected chi connectivity index (χ2v) is 15.7. The van der Waals surface area contributed by atoms with E-state index in [-0.39, 0.29) is 22.5 Å². The van der Waals surface area contributed by atoms with E-state index in [1.165, 1.54) is 4.31 Å². The molecule has 0 N–H and O–H groups in total. The van der Waals surface area contributed by atoms with Crippen molar-refractivity contribution in [2.24, 2.45) is 0 Å². The molecule has 0 radical (unpaired) electrons. The Morgan fingerprint density at radius 2 is 1.59 bits per heavy atom. The molecule has 0 aliphatic carbocycles. The molecule has 0 bridgehead atoms. The number of rotatable bonds is 11. The Morgan fingerprint density at radius 3 is 2.03 bits per heavy atom. The summed E-state index contributed by atoms with van der Waals surface area (Å²) < 4.78 is 45.1. The number of ether oxygens (including phenoxy) is 2. The highest BCUT2D eigenvalue weighted by atomic mass is 32.2. The number of aryl methyl sites for hydroxylation is 1. The van der Waals surface area contributed by atoms with Crippen LogP contribution in [0.4, 0.5) is 0 Å². The Kier molecular flexibility index (Phi) is 9.51. The maximum atomic E-state index is 13.4. The largest absolute Gasteiger partial charge is 0.415 e. The van der Waals surface area contributed by atoms with Crippen molar-refractivity contribution in [3.8, 4) is 0 Å². The molecule has 8 heteroatoms. The molecular formula is C21H39NO5SSi. The highest BCUT2D eigenvalue weighted by molar-refractivity contribution is 7.89. The third-order valence-corrected chi connectivity index (χ3v) is 12.3. The Labute approximate surface area is 178 Å². The molecule has 1 aromatic rings. The molecule has 0 aromatic heterocycles. The predicted octanol–water partition coefficient (Wildman–Crippen LogP) is 4.41. The highest BCUT2D eigenvalue weighted by Crippen LogP contribution is 2.36. The van der Waals surface area contributed by atoms with Crippen molar-refractivity contribution in [1.29, 1.82) is 0 Å². The second-order valence-electron chi connectivity index (χ2n) is 9.04. The maximum absolute atomic E-state index is 13.4. The van der Waals surface area contributed by atoms with E-state index >= 15 is 0 Å². The molecule has 0 aliphatic rings. The lowest BCUT2D eigenvalue weighted by Crippen LogP contribution is -2.47. The van der Waals surface area contributed by atoms with E-state index in [9.17, 15) is 8.42 Å². The molecule has 1 rings (SSSR count). The van der Waals surface area contributed by atoms with Crippen molar-refractivity contribution >= 4 is 18.3 Å². The van der Waals surface area contributed by atoms with E-state index in [0.29, 0.717) is 13.0 Å². The zero-order chi connectivity index (χ0) is 22.5. The minimum Gasteiger partial charge on any atom is -0.415 e. The van der Waals surface area contributed by atoms with Crippen molar-refractivity contribution in [3.63, 3.8) is 0 Å². The Balaban J connectivity index is 3.11. The summed E-state index contributed by atoms with van der Waals surface area (Å²) in [6.45, 7) is 15.3. The Morgan fingerprint density at radius 1 is 1.07 bits per heavy atom. The molecular weight excluding hydrogens is 406 g/mol. The molecule has 0 amide bonds. The van der Waals surface area contributed by atoms with Gasteiger partial charge in [-0.1, -0.05) is 38.5 Å².